The van der Waals surface area contributed by atoms with E-state index in [2.05, 4.69) is 32.0 Å². The molecule has 0 unspecified atom stereocenters. The molecule has 24 heavy (non-hydrogen) atoms. The zero-order valence-corrected chi connectivity index (χ0v) is 14.1. The highest BCUT2D eigenvalue weighted by molar-refractivity contribution is 5.99. The molecule has 124 valence electrons. The molecule has 0 aliphatic carbocycles. The number of carbonyl (C=O) groups is 2. The molecule has 0 spiro atoms. The van der Waals surface area contributed by atoms with Gasteiger partial charge in [0.05, 0.1) is 5.92 Å². The van der Waals surface area contributed by atoms with Gasteiger partial charge in [0, 0.05) is 18.7 Å². The first-order valence-electron chi connectivity index (χ1n) is 8.22. The lowest BCUT2D eigenvalue weighted by atomic mass is 10.0. The molecule has 0 radical (unpaired) electrons. The minimum absolute atomic E-state index is 0.0335. The van der Waals surface area contributed by atoms with Gasteiger partial charge >= 0.3 is 0 Å². The molecule has 0 aromatic heterocycles. The zero-order chi connectivity index (χ0) is 17.3. The van der Waals surface area contributed by atoms with Gasteiger partial charge in [-0.3, -0.25) is 9.59 Å². The highest BCUT2D eigenvalue weighted by Crippen LogP contribution is 2.36. The zero-order valence-electron chi connectivity index (χ0n) is 14.1. The molecule has 1 aliphatic heterocycles. The highest BCUT2D eigenvalue weighted by Gasteiger charge is 2.34. The van der Waals surface area contributed by atoms with Gasteiger partial charge in [0.2, 0.25) is 11.8 Å². The number of aryl methyl sites for hydroxylation is 3. The molecule has 1 atom stereocenters. The van der Waals surface area contributed by atoms with E-state index in [1.165, 1.54) is 16.7 Å². The highest BCUT2D eigenvalue weighted by atomic mass is 16.2. The molecule has 4 nitrogen and oxygen atoms in total. The first-order valence-corrected chi connectivity index (χ1v) is 8.22. The Hall–Kier alpha value is -2.62. The van der Waals surface area contributed by atoms with Crippen LogP contribution in [0.2, 0.25) is 0 Å². The molecule has 4 heteroatoms. The van der Waals surface area contributed by atoms with Crippen molar-refractivity contribution < 1.29 is 9.59 Å². The number of hydrogen-bond donors (Lipinski definition) is 1. The summed E-state index contributed by atoms with van der Waals surface area (Å²) < 4.78 is 0. The predicted octanol–water partition coefficient (Wildman–Crippen LogP) is 2.85. The van der Waals surface area contributed by atoms with E-state index in [0.29, 0.717) is 19.4 Å². The molecule has 0 fully saturated rings. The summed E-state index contributed by atoms with van der Waals surface area (Å²) in [5.74, 6) is -0.760. The molecule has 0 saturated heterocycles. The van der Waals surface area contributed by atoms with Crippen LogP contribution in [0.3, 0.4) is 0 Å². The summed E-state index contributed by atoms with van der Waals surface area (Å²) in [6, 6.07) is 13.8. The number of anilines is 1. The Morgan fingerprint density at radius 1 is 1.17 bits per heavy atom. The van der Waals surface area contributed by atoms with Crippen LogP contribution in [0.1, 0.15) is 34.6 Å². The van der Waals surface area contributed by atoms with Crippen molar-refractivity contribution >= 4 is 17.5 Å². The summed E-state index contributed by atoms with van der Waals surface area (Å²) in [6.07, 6.45) is 1.12. The van der Waals surface area contributed by atoms with Crippen LogP contribution >= 0.6 is 0 Å². The number of para-hydroxylation sites is 1. The first-order chi connectivity index (χ1) is 11.5. The van der Waals surface area contributed by atoms with E-state index in [0.717, 1.165) is 11.3 Å². The maximum Gasteiger partial charge on any atom is 0.227 e. The number of nitrogens with two attached hydrogens (primary N) is 1. The van der Waals surface area contributed by atoms with Crippen molar-refractivity contribution in [1.29, 1.82) is 0 Å². The van der Waals surface area contributed by atoms with Gasteiger partial charge in [-0.25, -0.2) is 0 Å². The van der Waals surface area contributed by atoms with Gasteiger partial charge in [-0.1, -0.05) is 42.0 Å². The summed E-state index contributed by atoms with van der Waals surface area (Å²) in [4.78, 5) is 26.1. The van der Waals surface area contributed by atoms with Gasteiger partial charge in [-0.05, 0) is 43.0 Å². The van der Waals surface area contributed by atoms with E-state index in [1.54, 1.807) is 4.90 Å². The molecule has 2 amide bonds. The smallest absolute Gasteiger partial charge is 0.227 e. The normalized spacial score (nSPS) is 16.1. The topological polar surface area (TPSA) is 63.4 Å². The number of benzene rings is 2. The molecule has 1 heterocycles. The summed E-state index contributed by atoms with van der Waals surface area (Å²) in [5.41, 5.74) is 10.8. The quantitative estimate of drug-likeness (QED) is 0.941. The van der Waals surface area contributed by atoms with Crippen molar-refractivity contribution in [2.24, 2.45) is 5.73 Å². The summed E-state index contributed by atoms with van der Waals surface area (Å²) >= 11 is 0. The van der Waals surface area contributed by atoms with Crippen molar-refractivity contribution in [1.82, 2.24) is 0 Å². The summed E-state index contributed by atoms with van der Waals surface area (Å²) in [6.45, 7) is 4.48. The van der Waals surface area contributed by atoms with Gasteiger partial charge in [0.25, 0.3) is 0 Å². The fourth-order valence-electron chi connectivity index (χ4n) is 3.39. The second kappa shape index (κ2) is 6.48. The molecule has 2 N–H and O–H groups in total. The van der Waals surface area contributed by atoms with Crippen LogP contribution in [0.25, 0.3) is 0 Å². The second-order valence-corrected chi connectivity index (χ2v) is 6.45. The van der Waals surface area contributed by atoms with Crippen LogP contribution in [0.5, 0.6) is 0 Å². The Morgan fingerprint density at radius 3 is 2.62 bits per heavy atom. The maximum atomic E-state index is 12.7. The largest absolute Gasteiger partial charge is 0.369 e. The van der Waals surface area contributed by atoms with Crippen LogP contribution in [0, 0.1) is 13.8 Å². The van der Waals surface area contributed by atoms with Crippen LogP contribution in [-0.4, -0.2) is 18.4 Å². The van der Waals surface area contributed by atoms with Crippen molar-refractivity contribution in [2.75, 3.05) is 11.4 Å². The monoisotopic (exact) mass is 322 g/mol. The maximum absolute atomic E-state index is 12.7. The third-order valence-electron chi connectivity index (χ3n) is 4.72. The van der Waals surface area contributed by atoms with Crippen LogP contribution in [-0.2, 0) is 16.0 Å². The van der Waals surface area contributed by atoms with E-state index in [1.807, 2.05) is 24.3 Å². The number of carbonyl (C=O) groups excluding carboxylic acids is 2. The molecule has 2 aromatic carbocycles. The van der Waals surface area contributed by atoms with Crippen molar-refractivity contribution in [3.8, 4) is 0 Å². The lowest BCUT2D eigenvalue weighted by molar-refractivity contribution is -0.119. The van der Waals surface area contributed by atoms with Crippen molar-refractivity contribution in [3.63, 3.8) is 0 Å². The molecular weight excluding hydrogens is 300 g/mol. The Bertz CT molecular complexity index is 798. The third-order valence-corrected chi connectivity index (χ3v) is 4.72. The molecular formula is C20H22N2O2. The van der Waals surface area contributed by atoms with Gasteiger partial charge in [0.15, 0.2) is 0 Å². The minimum Gasteiger partial charge on any atom is -0.369 e. The molecule has 3 rings (SSSR count). The Morgan fingerprint density at radius 2 is 1.92 bits per heavy atom. The van der Waals surface area contributed by atoms with E-state index in [9.17, 15) is 9.59 Å². The van der Waals surface area contributed by atoms with Crippen LogP contribution in [0.4, 0.5) is 5.69 Å². The van der Waals surface area contributed by atoms with Crippen molar-refractivity contribution in [3.05, 3.63) is 64.7 Å². The SMILES string of the molecule is Cc1ccc(CCC(=O)N2C[C@H](C(N)=O)c3ccccc32)c(C)c1. The van der Waals surface area contributed by atoms with Gasteiger partial charge in [-0.2, -0.15) is 0 Å². The lowest BCUT2D eigenvalue weighted by Crippen LogP contribution is -2.33. The number of nitrogens with zero attached hydrogens (tertiary/aromatic N) is 1. The second-order valence-electron chi connectivity index (χ2n) is 6.45. The van der Waals surface area contributed by atoms with Crippen LogP contribution in [0.15, 0.2) is 42.5 Å². The number of hydrogen-bond acceptors (Lipinski definition) is 2. The fraction of sp³-hybridized carbons (Fsp3) is 0.300. The van der Waals surface area contributed by atoms with E-state index in [4.69, 9.17) is 5.73 Å². The Kier molecular flexibility index (Phi) is 4.38. The molecule has 0 saturated carbocycles. The number of fused-ring (bicyclic) bond motifs is 1. The lowest BCUT2D eigenvalue weighted by Gasteiger charge is -2.18. The number of amides is 2. The molecule has 2 aromatic rings. The van der Waals surface area contributed by atoms with E-state index < -0.39 is 5.92 Å². The van der Waals surface area contributed by atoms with Gasteiger partial charge < -0.3 is 10.6 Å². The number of rotatable bonds is 4. The number of primary amides is 1. The predicted molar refractivity (Wildman–Crippen MR) is 95.0 cm³/mol. The van der Waals surface area contributed by atoms with E-state index in [-0.39, 0.29) is 11.8 Å². The fourth-order valence-corrected chi connectivity index (χ4v) is 3.39. The summed E-state index contributed by atoms with van der Waals surface area (Å²) in [5, 5.41) is 0. The van der Waals surface area contributed by atoms with Gasteiger partial charge in [-0.15, -0.1) is 0 Å². The third kappa shape index (κ3) is 3.04. The van der Waals surface area contributed by atoms with E-state index >= 15 is 0 Å². The van der Waals surface area contributed by atoms with Crippen LogP contribution < -0.4 is 10.6 Å². The standard InChI is InChI=1S/C20H22N2O2/c1-13-7-8-15(14(2)11-13)9-10-19(23)22-12-17(20(21)24)16-5-3-4-6-18(16)22/h3-8,11,17H,9-10,12H2,1-2H3,(H2,21,24)/t17-/m0/s1. The summed E-state index contributed by atoms with van der Waals surface area (Å²) in [7, 11) is 0. The first kappa shape index (κ1) is 16.2. The average Bonchev–Trinajstić information content (AvgIpc) is 2.94. The Labute approximate surface area is 142 Å². The average molecular weight is 322 g/mol. The Balaban J connectivity index is 1.75. The van der Waals surface area contributed by atoms with Crippen molar-refractivity contribution in [2.45, 2.75) is 32.6 Å². The molecule has 1 aliphatic rings. The van der Waals surface area contributed by atoms with Gasteiger partial charge in [0.1, 0.15) is 0 Å². The minimum atomic E-state index is -0.411. The molecule has 0 bridgehead atoms.